The molecule has 0 saturated heterocycles. The highest BCUT2D eigenvalue weighted by atomic mass is 16.4. The number of rotatable bonds is 6. The van der Waals surface area contributed by atoms with Crippen LogP contribution in [-0.4, -0.2) is 15.0 Å². The Morgan fingerprint density at radius 2 is 0.673 bits per heavy atom. The Labute approximate surface area is 315 Å². The molecule has 258 valence electrons. The van der Waals surface area contributed by atoms with Crippen LogP contribution in [0.1, 0.15) is 0 Å². The van der Waals surface area contributed by atoms with Gasteiger partial charge in [0, 0.05) is 16.7 Å². The van der Waals surface area contributed by atoms with Crippen LogP contribution >= 0.6 is 0 Å². The van der Waals surface area contributed by atoms with E-state index in [1.807, 2.05) is 54.6 Å². The summed E-state index contributed by atoms with van der Waals surface area (Å²) < 4.78 is 18.7. The predicted octanol–water partition coefficient (Wildman–Crippen LogP) is 13.3. The molecule has 55 heavy (non-hydrogen) atoms. The molecule has 0 atom stereocenters. The lowest BCUT2D eigenvalue weighted by Gasteiger charge is -2.10. The highest BCUT2D eigenvalue weighted by molar-refractivity contribution is 5.90. The van der Waals surface area contributed by atoms with E-state index in [9.17, 15) is 0 Å². The van der Waals surface area contributed by atoms with Gasteiger partial charge in [0.2, 0.25) is 17.7 Å². The van der Waals surface area contributed by atoms with E-state index in [0.717, 1.165) is 83.4 Å². The maximum Gasteiger partial charge on any atom is 0.227 e. The van der Waals surface area contributed by atoms with E-state index in [0.29, 0.717) is 17.7 Å². The van der Waals surface area contributed by atoms with Crippen molar-refractivity contribution in [3.05, 3.63) is 176 Å². The minimum Gasteiger partial charge on any atom is -0.436 e. The molecule has 0 spiro atoms. The van der Waals surface area contributed by atoms with Gasteiger partial charge in [-0.15, -0.1) is 0 Å². The molecular formula is C49H29N3O3. The first-order valence-electron chi connectivity index (χ1n) is 18.1. The van der Waals surface area contributed by atoms with Gasteiger partial charge in [-0.3, -0.25) is 0 Å². The first-order chi connectivity index (χ1) is 27.2. The molecule has 3 heterocycles. The predicted molar refractivity (Wildman–Crippen MR) is 219 cm³/mol. The van der Waals surface area contributed by atoms with Crippen molar-refractivity contribution in [1.29, 1.82) is 0 Å². The second kappa shape index (κ2) is 12.5. The standard InChI is InChI=1S/C49H29N3O3/c1-2-8-35-25-36(22-17-30(35)7-1)37-23-24-43-46(29-37)55-49(52-43)40-27-38(31-13-18-33(19-14-31)47-50-41-9-3-5-11-44(41)53-47)26-39(28-40)32-15-20-34(21-16-32)48-51-42-10-4-6-12-45(42)54-48/h1-29H. The quantitative estimate of drug-likeness (QED) is 0.171. The number of aromatic nitrogens is 3. The maximum atomic E-state index is 6.54. The fourth-order valence-corrected chi connectivity index (χ4v) is 7.28. The number of benzene rings is 8. The molecule has 0 aliphatic carbocycles. The summed E-state index contributed by atoms with van der Waals surface area (Å²) in [6.45, 7) is 0. The molecule has 0 aliphatic rings. The van der Waals surface area contributed by atoms with Crippen molar-refractivity contribution >= 4 is 44.1 Å². The van der Waals surface area contributed by atoms with Crippen LogP contribution in [0.4, 0.5) is 0 Å². The number of hydrogen-bond donors (Lipinski definition) is 0. The Morgan fingerprint density at radius 1 is 0.255 bits per heavy atom. The Morgan fingerprint density at radius 3 is 1.27 bits per heavy atom. The molecule has 6 nitrogen and oxygen atoms in total. The first kappa shape index (κ1) is 31.0. The van der Waals surface area contributed by atoms with Crippen molar-refractivity contribution in [1.82, 2.24) is 15.0 Å². The number of fused-ring (bicyclic) bond motifs is 4. The summed E-state index contributed by atoms with van der Waals surface area (Å²) in [7, 11) is 0. The van der Waals surface area contributed by atoms with Gasteiger partial charge < -0.3 is 13.3 Å². The third kappa shape index (κ3) is 5.64. The summed E-state index contributed by atoms with van der Waals surface area (Å²) >= 11 is 0. The zero-order valence-electron chi connectivity index (χ0n) is 29.3. The van der Waals surface area contributed by atoms with E-state index in [1.54, 1.807) is 0 Å². The van der Waals surface area contributed by atoms with Crippen molar-refractivity contribution in [2.45, 2.75) is 0 Å². The van der Waals surface area contributed by atoms with E-state index in [2.05, 4.69) is 121 Å². The van der Waals surface area contributed by atoms with E-state index >= 15 is 0 Å². The second-order valence-electron chi connectivity index (χ2n) is 13.7. The Hall–Kier alpha value is -7.57. The van der Waals surface area contributed by atoms with E-state index in [-0.39, 0.29) is 0 Å². The van der Waals surface area contributed by atoms with Gasteiger partial charge in [0.25, 0.3) is 0 Å². The lowest BCUT2D eigenvalue weighted by atomic mass is 9.95. The van der Waals surface area contributed by atoms with Gasteiger partial charge in [0.1, 0.15) is 16.6 Å². The van der Waals surface area contributed by atoms with Crippen LogP contribution < -0.4 is 0 Å². The average Bonchev–Trinajstić information content (AvgIpc) is 4.00. The Kier molecular flexibility index (Phi) is 7.07. The summed E-state index contributed by atoms with van der Waals surface area (Å²) in [6.07, 6.45) is 0. The van der Waals surface area contributed by atoms with Crippen molar-refractivity contribution in [2.75, 3.05) is 0 Å². The molecule has 0 aliphatic heterocycles. The molecule has 0 unspecified atom stereocenters. The number of nitrogens with zero attached hydrogens (tertiary/aromatic N) is 3. The van der Waals surface area contributed by atoms with Crippen molar-refractivity contribution in [3.8, 4) is 67.7 Å². The fraction of sp³-hybridized carbons (Fsp3) is 0. The molecular weight excluding hydrogens is 679 g/mol. The number of hydrogen-bond acceptors (Lipinski definition) is 6. The van der Waals surface area contributed by atoms with Crippen LogP contribution in [0, 0.1) is 0 Å². The summed E-state index contributed by atoms with van der Waals surface area (Å²) in [5.41, 5.74) is 13.8. The molecule has 11 rings (SSSR count). The van der Waals surface area contributed by atoms with Gasteiger partial charge in [-0.2, -0.15) is 0 Å². The molecule has 0 amide bonds. The highest BCUT2D eigenvalue weighted by Crippen LogP contribution is 2.37. The van der Waals surface area contributed by atoms with Crippen LogP contribution in [0.15, 0.2) is 189 Å². The molecule has 0 radical (unpaired) electrons. The van der Waals surface area contributed by atoms with Crippen molar-refractivity contribution < 1.29 is 13.3 Å². The summed E-state index contributed by atoms with van der Waals surface area (Å²) in [6, 6.07) is 59.9. The lowest BCUT2D eigenvalue weighted by molar-refractivity contribution is 0.619. The van der Waals surface area contributed by atoms with Gasteiger partial charge in [-0.05, 0) is 129 Å². The molecule has 0 bridgehead atoms. The van der Waals surface area contributed by atoms with E-state index in [1.165, 1.54) is 10.8 Å². The van der Waals surface area contributed by atoms with Gasteiger partial charge in [0.05, 0.1) is 0 Å². The lowest BCUT2D eigenvalue weighted by Crippen LogP contribution is -1.87. The third-order valence-corrected chi connectivity index (χ3v) is 10.2. The molecule has 8 aromatic carbocycles. The van der Waals surface area contributed by atoms with Crippen LogP contribution in [0.3, 0.4) is 0 Å². The summed E-state index contributed by atoms with van der Waals surface area (Å²) in [4.78, 5) is 14.4. The second-order valence-corrected chi connectivity index (χ2v) is 13.7. The van der Waals surface area contributed by atoms with E-state index < -0.39 is 0 Å². The third-order valence-electron chi connectivity index (χ3n) is 10.2. The monoisotopic (exact) mass is 707 g/mol. The van der Waals surface area contributed by atoms with E-state index in [4.69, 9.17) is 28.2 Å². The smallest absolute Gasteiger partial charge is 0.227 e. The van der Waals surface area contributed by atoms with Crippen molar-refractivity contribution in [2.24, 2.45) is 0 Å². The first-order valence-corrected chi connectivity index (χ1v) is 18.1. The summed E-state index contributed by atoms with van der Waals surface area (Å²) in [5.74, 6) is 1.74. The normalized spacial score (nSPS) is 11.6. The molecule has 6 heteroatoms. The van der Waals surface area contributed by atoms with Gasteiger partial charge in [-0.1, -0.05) is 91.0 Å². The Balaban J connectivity index is 0.988. The Bertz CT molecular complexity index is 3010. The van der Waals surface area contributed by atoms with Crippen LogP contribution in [-0.2, 0) is 0 Å². The largest absolute Gasteiger partial charge is 0.436 e. The fourth-order valence-electron chi connectivity index (χ4n) is 7.28. The zero-order valence-corrected chi connectivity index (χ0v) is 29.3. The average molecular weight is 708 g/mol. The summed E-state index contributed by atoms with van der Waals surface area (Å²) in [5, 5.41) is 2.41. The van der Waals surface area contributed by atoms with Gasteiger partial charge in [0.15, 0.2) is 16.7 Å². The van der Waals surface area contributed by atoms with Gasteiger partial charge >= 0.3 is 0 Å². The van der Waals surface area contributed by atoms with Crippen LogP contribution in [0.2, 0.25) is 0 Å². The van der Waals surface area contributed by atoms with Crippen LogP contribution in [0.25, 0.3) is 112 Å². The highest BCUT2D eigenvalue weighted by Gasteiger charge is 2.16. The zero-order chi connectivity index (χ0) is 36.3. The molecule has 11 aromatic rings. The molecule has 3 aromatic heterocycles. The SMILES string of the molecule is c1ccc2cc(-c3ccc4nc(-c5cc(-c6ccc(-c7nc8ccccc8o7)cc6)cc(-c6ccc(-c7nc8ccccc8o7)cc6)c5)oc4c3)ccc2c1. The maximum absolute atomic E-state index is 6.54. The van der Waals surface area contributed by atoms with Crippen molar-refractivity contribution in [3.63, 3.8) is 0 Å². The van der Waals surface area contributed by atoms with Crippen LogP contribution in [0.5, 0.6) is 0 Å². The molecule has 0 fully saturated rings. The molecule has 0 N–H and O–H groups in total. The minimum absolute atomic E-state index is 0.556. The topological polar surface area (TPSA) is 78.1 Å². The molecule has 0 saturated carbocycles. The number of para-hydroxylation sites is 4. The van der Waals surface area contributed by atoms with Gasteiger partial charge in [-0.25, -0.2) is 15.0 Å². The minimum atomic E-state index is 0.556. The number of oxazole rings is 3.